The van der Waals surface area contributed by atoms with Crippen LogP contribution in [0.25, 0.3) is 0 Å². The fourth-order valence-corrected chi connectivity index (χ4v) is 1.59. The molecule has 1 N–H and O–H groups in total. The van der Waals surface area contributed by atoms with Gasteiger partial charge in [0.2, 0.25) is 5.91 Å². The van der Waals surface area contributed by atoms with Gasteiger partial charge in [0.15, 0.2) is 0 Å². The Morgan fingerprint density at radius 2 is 1.95 bits per heavy atom. The van der Waals surface area contributed by atoms with E-state index in [1.165, 1.54) is 4.90 Å². The minimum absolute atomic E-state index is 0.0423. The first-order valence-corrected chi connectivity index (χ1v) is 6.45. The monoisotopic (exact) mass is 269 g/mol. The van der Waals surface area contributed by atoms with E-state index >= 15 is 0 Å². The molecule has 19 heavy (non-hydrogen) atoms. The van der Waals surface area contributed by atoms with Crippen LogP contribution in [0.1, 0.15) is 33.1 Å². The summed E-state index contributed by atoms with van der Waals surface area (Å²) in [7, 11) is 1.68. The highest BCUT2D eigenvalue weighted by Gasteiger charge is 2.16. The lowest BCUT2D eigenvalue weighted by molar-refractivity contribution is -0.137. The fourth-order valence-electron chi connectivity index (χ4n) is 1.59. The van der Waals surface area contributed by atoms with Crippen LogP contribution in [-0.2, 0) is 9.59 Å². The van der Waals surface area contributed by atoms with Gasteiger partial charge in [0.05, 0.1) is 19.0 Å². The van der Waals surface area contributed by atoms with Crippen molar-refractivity contribution in [1.29, 1.82) is 5.26 Å². The lowest BCUT2D eigenvalue weighted by atomic mass is 10.2. The van der Waals surface area contributed by atoms with Crippen LogP contribution >= 0.6 is 0 Å². The Morgan fingerprint density at radius 3 is 2.42 bits per heavy atom. The van der Waals surface area contributed by atoms with Crippen LogP contribution in [0.3, 0.4) is 0 Å². The van der Waals surface area contributed by atoms with Gasteiger partial charge >= 0.3 is 5.97 Å². The predicted molar refractivity (Wildman–Crippen MR) is 71.4 cm³/mol. The smallest absolute Gasteiger partial charge is 0.303 e. The molecule has 0 aliphatic rings. The third-order valence-electron chi connectivity index (χ3n) is 2.89. The molecular weight excluding hydrogens is 246 g/mol. The average molecular weight is 269 g/mol. The van der Waals surface area contributed by atoms with Crippen LogP contribution in [-0.4, -0.2) is 59.5 Å². The molecule has 6 nitrogen and oxygen atoms in total. The molecule has 0 unspecified atom stereocenters. The van der Waals surface area contributed by atoms with E-state index in [0.717, 1.165) is 0 Å². The van der Waals surface area contributed by atoms with Gasteiger partial charge in [-0.1, -0.05) is 0 Å². The number of carbonyl (C=O) groups excluding carboxylic acids is 1. The van der Waals surface area contributed by atoms with Gasteiger partial charge in [0.1, 0.15) is 0 Å². The summed E-state index contributed by atoms with van der Waals surface area (Å²) in [4.78, 5) is 25.9. The maximum absolute atomic E-state index is 11.9. The van der Waals surface area contributed by atoms with Crippen molar-refractivity contribution in [3.05, 3.63) is 0 Å². The van der Waals surface area contributed by atoms with Crippen LogP contribution < -0.4 is 0 Å². The third-order valence-corrected chi connectivity index (χ3v) is 2.89. The zero-order valence-electron chi connectivity index (χ0n) is 11.9. The summed E-state index contributed by atoms with van der Waals surface area (Å²) in [6.45, 7) is 5.23. The summed E-state index contributed by atoms with van der Waals surface area (Å²) in [6, 6.07) is 2.19. The van der Waals surface area contributed by atoms with Crippen molar-refractivity contribution in [2.45, 2.75) is 39.2 Å². The molecule has 0 saturated carbocycles. The Morgan fingerprint density at radius 1 is 1.32 bits per heavy atom. The number of carbonyl (C=O) groups is 2. The molecule has 0 heterocycles. The lowest BCUT2D eigenvalue weighted by Gasteiger charge is -2.27. The quantitative estimate of drug-likeness (QED) is 0.673. The van der Waals surface area contributed by atoms with Crippen molar-refractivity contribution >= 4 is 11.9 Å². The molecule has 0 spiro atoms. The van der Waals surface area contributed by atoms with Crippen molar-refractivity contribution < 1.29 is 14.7 Å². The van der Waals surface area contributed by atoms with Crippen molar-refractivity contribution in [1.82, 2.24) is 9.80 Å². The number of nitrogens with zero attached hydrogens (tertiary/aromatic N) is 3. The van der Waals surface area contributed by atoms with E-state index in [1.54, 1.807) is 7.05 Å². The first-order valence-electron chi connectivity index (χ1n) is 6.45. The van der Waals surface area contributed by atoms with E-state index in [9.17, 15) is 9.59 Å². The fraction of sp³-hybridized carbons (Fsp3) is 0.769. The molecule has 1 amide bonds. The number of amides is 1. The molecule has 0 atom stereocenters. The summed E-state index contributed by atoms with van der Waals surface area (Å²) in [5, 5.41) is 17.1. The number of hydrogen-bond acceptors (Lipinski definition) is 4. The van der Waals surface area contributed by atoms with Crippen LogP contribution in [0.5, 0.6) is 0 Å². The zero-order valence-corrected chi connectivity index (χ0v) is 11.9. The SMILES string of the molecule is CC(C)N(CCCC(=O)O)CC(=O)N(C)CCC#N. The van der Waals surface area contributed by atoms with Crippen molar-refractivity contribution in [3.8, 4) is 6.07 Å². The second kappa shape index (κ2) is 9.34. The summed E-state index contributed by atoms with van der Waals surface area (Å²) in [5.41, 5.74) is 0. The molecule has 0 rings (SSSR count). The Kier molecular flexibility index (Phi) is 8.55. The number of carboxylic acids is 1. The molecule has 0 aromatic rings. The number of likely N-dealkylation sites (N-methyl/N-ethyl adjacent to an activating group) is 1. The van der Waals surface area contributed by atoms with E-state index < -0.39 is 5.97 Å². The standard InChI is InChI=1S/C13H23N3O3/c1-11(2)16(9-4-6-13(18)19)10-12(17)15(3)8-5-7-14/h11H,4-6,8-10H2,1-3H3,(H,18,19). The Labute approximate surface area is 114 Å². The molecule has 0 aliphatic carbocycles. The molecule has 0 aromatic heterocycles. The second-order valence-electron chi connectivity index (χ2n) is 4.78. The van der Waals surface area contributed by atoms with E-state index in [4.69, 9.17) is 10.4 Å². The number of nitriles is 1. The molecule has 6 heteroatoms. The normalized spacial score (nSPS) is 10.5. The van der Waals surface area contributed by atoms with Gasteiger partial charge in [-0.15, -0.1) is 0 Å². The van der Waals surface area contributed by atoms with Crippen LogP contribution in [0.4, 0.5) is 0 Å². The highest BCUT2D eigenvalue weighted by molar-refractivity contribution is 5.78. The highest BCUT2D eigenvalue weighted by Crippen LogP contribution is 2.03. The minimum atomic E-state index is -0.818. The topological polar surface area (TPSA) is 84.6 Å². The average Bonchev–Trinajstić information content (AvgIpc) is 2.33. The van der Waals surface area contributed by atoms with E-state index in [2.05, 4.69) is 0 Å². The van der Waals surface area contributed by atoms with Gasteiger partial charge in [-0.3, -0.25) is 14.5 Å². The second-order valence-corrected chi connectivity index (χ2v) is 4.78. The lowest BCUT2D eigenvalue weighted by Crippen LogP contribution is -2.42. The highest BCUT2D eigenvalue weighted by atomic mass is 16.4. The van der Waals surface area contributed by atoms with Gasteiger partial charge in [-0.25, -0.2) is 0 Å². The molecule has 0 aromatic carbocycles. The maximum Gasteiger partial charge on any atom is 0.303 e. The predicted octanol–water partition coefficient (Wildman–Crippen LogP) is 0.934. The molecule has 0 radical (unpaired) electrons. The number of hydrogen-bond donors (Lipinski definition) is 1. The Bertz CT molecular complexity index is 337. The van der Waals surface area contributed by atoms with Crippen molar-refractivity contribution in [2.24, 2.45) is 0 Å². The van der Waals surface area contributed by atoms with Crippen LogP contribution in [0.15, 0.2) is 0 Å². The van der Waals surface area contributed by atoms with Crippen molar-refractivity contribution in [3.63, 3.8) is 0 Å². The number of aliphatic carboxylic acids is 1. The van der Waals surface area contributed by atoms with Gasteiger partial charge in [-0.05, 0) is 26.8 Å². The molecule has 0 fully saturated rings. The maximum atomic E-state index is 11.9. The summed E-state index contributed by atoms with van der Waals surface area (Å²) in [6.07, 6.45) is 0.966. The molecule has 108 valence electrons. The molecule has 0 saturated heterocycles. The van der Waals surface area contributed by atoms with Crippen LogP contribution in [0.2, 0.25) is 0 Å². The summed E-state index contributed by atoms with van der Waals surface area (Å²) < 4.78 is 0. The summed E-state index contributed by atoms with van der Waals surface area (Å²) >= 11 is 0. The van der Waals surface area contributed by atoms with E-state index in [1.807, 2.05) is 24.8 Å². The number of carboxylic acid groups (broad SMARTS) is 1. The van der Waals surface area contributed by atoms with Gasteiger partial charge in [-0.2, -0.15) is 5.26 Å². The van der Waals surface area contributed by atoms with Crippen LogP contribution in [0, 0.1) is 11.3 Å². The zero-order chi connectivity index (χ0) is 14.8. The first-order chi connectivity index (χ1) is 8.88. The summed E-state index contributed by atoms with van der Waals surface area (Å²) in [5.74, 6) is -0.861. The Balaban J connectivity index is 4.22. The Hall–Kier alpha value is -1.61. The molecule has 0 bridgehead atoms. The van der Waals surface area contributed by atoms with Gasteiger partial charge < -0.3 is 10.0 Å². The third kappa shape index (κ3) is 8.16. The van der Waals surface area contributed by atoms with E-state index in [0.29, 0.717) is 25.9 Å². The first kappa shape index (κ1) is 17.4. The van der Waals surface area contributed by atoms with E-state index in [-0.39, 0.29) is 24.9 Å². The largest absolute Gasteiger partial charge is 0.481 e. The minimum Gasteiger partial charge on any atom is -0.481 e. The van der Waals surface area contributed by atoms with Crippen molar-refractivity contribution in [2.75, 3.05) is 26.7 Å². The van der Waals surface area contributed by atoms with Gasteiger partial charge in [0, 0.05) is 26.1 Å². The van der Waals surface area contributed by atoms with Gasteiger partial charge in [0.25, 0.3) is 0 Å². The molecular formula is C13H23N3O3. The molecule has 0 aliphatic heterocycles. The number of rotatable bonds is 9.